The smallest absolute Gasteiger partial charge is 0.309 e. The molecule has 0 unspecified atom stereocenters. The summed E-state index contributed by atoms with van der Waals surface area (Å²) in [4.78, 5) is 0. The van der Waals surface area contributed by atoms with Crippen LogP contribution in [0.1, 0.15) is 11.1 Å². The molecule has 0 fully saturated rings. The van der Waals surface area contributed by atoms with Crippen molar-refractivity contribution in [3.8, 4) is 44.8 Å². The highest BCUT2D eigenvalue weighted by Crippen LogP contribution is 2.45. The van der Waals surface area contributed by atoms with E-state index in [9.17, 15) is 13.2 Å². The van der Waals surface area contributed by atoms with E-state index in [1.165, 1.54) is 50.4 Å². The van der Waals surface area contributed by atoms with E-state index in [4.69, 9.17) is 0 Å². The molecule has 5 heteroatoms. The van der Waals surface area contributed by atoms with Gasteiger partial charge in [0.1, 0.15) is 0 Å². The SMILES string of the molecule is Cc1ccc2c(c1)c1cc(-c3ccc4c(c3)c3ccccc3n4-c3ccc(-c4c5ccccc5c(-c5ccccc5)c5ccccc45)cc3)ccc1n2-c1cccc(C(F)(F)F)c1. The molecule has 0 aliphatic heterocycles. The van der Waals surface area contributed by atoms with Gasteiger partial charge >= 0.3 is 6.18 Å². The number of hydrogen-bond donors (Lipinski definition) is 0. The van der Waals surface area contributed by atoms with Gasteiger partial charge in [0.2, 0.25) is 0 Å². The average Bonchev–Trinajstić information content (AvgIpc) is 3.82. The largest absolute Gasteiger partial charge is 0.416 e. The van der Waals surface area contributed by atoms with Crippen molar-refractivity contribution < 1.29 is 13.2 Å². The van der Waals surface area contributed by atoms with Gasteiger partial charge < -0.3 is 9.13 Å². The number of rotatable bonds is 5. The fraction of sp³-hybridized carbons (Fsp3) is 0.0345. The highest BCUT2D eigenvalue weighted by molar-refractivity contribution is 6.21. The Balaban J connectivity index is 0.982. The van der Waals surface area contributed by atoms with E-state index >= 15 is 0 Å². The normalized spacial score (nSPS) is 12.1. The maximum absolute atomic E-state index is 13.9. The summed E-state index contributed by atoms with van der Waals surface area (Å²) >= 11 is 0. The number of aromatic nitrogens is 2. The molecule has 0 radical (unpaired) electrons. The zero-order valence-corrected chi connectivity index (χ0v) is 34.2. The Morgan fingerprint density at radius 2 is 0.762 bits per heavy atom. The predicted molar refractivity (Wildman–Crippen MR) is 256 cm³/mol. The topological polar surface area (TPSA) is 9.86 Å². The van der Waals surface area contributed by atoms with E-state index in [1.807, 2.05) is 29.7 Å². The Morgan fingerprint density at radius 3 is 1.35 bits per heavy atom. The van der Waals surface area contributed by atoms with Crippen molar-refractivity contribution in [1.82, 2.24) is 9.13 Å². The molecule has 2 heterocycles. The van der Waals surface area contributed by atoms with Gasteiger partial charge in [0.25, 0.3) is 0 Å². The van der Waals surface area contributed by atoms with Gasteiger partial charge in [-0.1, -0.05) is 139 Å². The quantitative estimate of drug-likeness (QED) is 0.153. The van der Waals surface area contributed by atoms with Crippen LogP contribution in [0.25, 0.3) is 110 Å². The standard InChI is InChI=1S/C58H37F3N2/c1-36-22-29-53-49(32-36)51-34-40(26-31-55(51)63(53)43-15-11-14-41(35-43)58(59,60)61)39-25-30-54-50(33-39)44-16-9-10-21-52(44)62(54)42-27-23-38(24-28-42)57-47-19-7-5-17-45(47)56(37-12-3-2-4-13-37)46-18-6-8-20-48(46)57/h2-35H,1H3. The summed E-state index contributed by atoms with van der Waals surface area (Å²) in [5.74, 6) is 0. The van der Waals surface area contributed by atoms with E-state index in [0.717, 1.165) is 77.6 Å². The van der Waals surface area contributed by atoms with Crippen molar-refractivity contribution in [2.45, 2.75) is 13.1 Å². The first-order valence-corrected chi connectivity index (χ1v) is 21.2. The minimum absolute atomic E-state index is 0.478. The van der Waals surface area contributed by atoms with Gasteiger partial charge in [-0.05, 0) is 135 Å². The molecule has 2 aromatic heterocycles. The van der Waals surface area contributed by atoms with E-state index in [1.54, 1.807) is 6.07 Å². The van der Waals surface area contributed by atoms with Crippen LogP contribution in [0.4, 0.5) is 13.2 Å². The fourth-order valence-corrected chi connectivity index (χ4v) is 9.98. The monoisotopic (exact) mass is 818 g/mol. The zero-order valence-electron chi connectivity index (χ0n) is 34.2. The lowest BCUT2D eigenvalue weighted by molar-refractivity contribution is -0.137. The number of nitrogens with zero attached hydrogens (tertiary/aromatic N) is 2. The molecule has 300 valence electrons. The van der Waals surface area contributed by atoms with Crippen molar-refractivity contribution >= 4 is 65.2 Å². The van der Waals surface area contributed by atoms with Crippen molar-refractivity contribution in [2.75, 3.05) is 0 Å². The van der Waals surface area contributed by atoms with Gasteiger partial charge in [-0.2, -0.15) is 13.2 Å². The third kappa shape index (κ3) is 5.88. The lowest BCUT2D eigenvalue weighted by Gasteiger charge is -2.18. The van der Waals surface area contributed by atoms with Gasteiger partial charge in [-0.25, -0.2) is 0 Å². The number of para-hydroxylation sites is 1. The molecule has 12 rings (SSSR count). The Morgan fingerprint density at radius 1 is 0.317 bits per heavy atom. The van der Waals surface area contributed by atoms with Crippen molar-refractivity contribution in [3.05, 3.63) is 217 Å². The van der Waals surface area contributed by atoms with Crippen LogP contribution in [-0.4, -0.2) is 9.13 Å². The Kier molecular flexibility index (Phi) is 8.25. The highest BCUT2D eigenvalue weighted by atomic mass is 19.4. The van der Waals surface area contributed by atoms with Crippen LogP contribution in [0, 0.1) is 6.92 Å². The van der Waals surface area contributed by atoms with Crippen LogP contribution >= 0.6 is 0 Å². The molecule has 0 saturated carbocycles. The minimum atomic E-state index is -4.44. The van der Waals surface area contributed by atoms with Crippen LogP contribution in [0.3, 0.4) is 0 Å². The van der Waals surface area contributed by atoms with Gasteiger partial charge in [-0.15, -0.1) is 0 Å². The van der Waals surface area contributed by atoms with E-state index in [-0.39, 0.29) is 0 Å². The van der Waals surface area contributed by atoms with Crippen LogP contribution in [0.5, 0.6) is 0 Å². The number of benzene rings is 10. The average molecular weight is 819 g/mol. The third-order valence-electron chi connectivity index (χ3n) is 12.8. The molecule has 0 saturated heterocycles. The molecule has 2 nitrogen and oxygen atoms in total. The summed E-state index contributed by atoms with van der Waals surface area (Å²) in [5.41, 5.74) is 12.9. The first-order chi connectivity index (χ1) is 30.8. The molecule has 0 spiro atoms. The summed E-state index contributed by atoms with van der Waals surface area (Å²) in [6.07, 6.45) is -4.44. The zero-order chi connectivity index (χ0) is 42.4. The number of hydrogen-bond acceptors (Lipinski definition) is 0. The molecule has 0 amide bonds. The van der Waals surface area contributed by atoms with Crippen molar-refractivity contribution in [1.29, 1.82) is 0 Å². The summed E-state index contributed by atoms with van der Waals surface area (Å²) in [6, 6.07) is 70.4. The van der Waals surface area contributed by atoms with Crippen molar-refractivity contribution in [3.63, 3.8) is 0 Å². The van der Waals surface area contributed by atoms with Gasteiger partial charge in [0.15, 0.2) is 0 Å². The molecule has 12 aromatic rings. The number of fused-ring (bicyclic) bond motifs is 8. The summed E-state index contributed by atoms with van der Waals surface area (Å²) in [5, 5.41) is 9.19. The molecule has 0 aliphatic carbocycles. The maximum Gasteiger partial charge on any atom is 0.416 e. The summed E-state index contributed by atoms with van der Waals surface area (Å²) < 4.78 is 45.9. The van der Waals surface area contributed by atoms with Crippen LogP contribution < -0.4 is 0 Å². The maximum atomic E-state index is 13.9. The molecular weight excluding hydrogens is 782 g/mol. The Bertz CT molecular complexity index is 3720. The van der Waals surface area contributed by atoms with Gasteiger partial charge in [-0.3, -0.25) is 0 Å². The van der Waals surface area contributed by atoms with E-state index in [0.29, 0.717) is 5.69 Å². The van der Waals surface area contributed by atoms with E-state index < -0.39 is 11.7 Å². The lowest BCUT2D eigenvalue weighted by atomic mass is 9.86. The summed E-state index contributed by atoms with van der Waals surface area (Å²) in [6.45, 7) is 2.04. The second-order valence-electron chi connectivity index (χ2n) is 16.5. The molecular formula is C58H37F3N2. The molecule has 10 aromatic carbocycles. The molecule has 0 atom stereocenters. The number of aryl methyl sites for hydroxylation is 1. The first-order valence-electron chi connectivity index (χ1n) is 21.2. The Labute approximate surface area is 361 Å². The predicted octanol–water partition coefficient (Wildman–Crippen LogP) is 16.5. The lowest BCUT2D eigenvalue weighted by Crippen LogP contribution is -2.06. The molecule has 63 heavy (non-hydrogen) atoms. The number of halogens is 3. The van der Waals surface area contributed by atoms with Gasteiger partial charge in [0.05, 0.1) is 27.6 Å². The number of alkyl halides is 3. The minimum Gasteiger partial charge on any atom is -0.309 e. The van der Waals surface area contributed by atoms with Crippen molar-refractivity contribution in [2.24, 2.45) is 0 Å². The Hall–Kier alpha value is -7.89. The highest BCUT2D eigenvalue weighted by Gasteiger charge is 2.31. The van der Waals surface area contributed by atoms with Crippen LogP contribution in [0.2, 0.25) is 0 Å². The second-order valence-corrected chi connectivity index (χ2v) is 16.5. The molecule has 0 N–H and O–H groups in total. The fourth-order valence-electron chi connectivity index (χ4n) is 9.98. The third-order valence-corrected chi connectivity index (χ3v) is 12.8. The van der Waals surface area contributed by atoms with E-state index in [2.05, 4.69) is 168 Å². The molecule has 0 bridgehead atoms. The van der Waals surface area contributed by atoms with Gasteiger partial charge in [0, 0.05) is 32.9 Å². The molecule has 0 aliphatic rings. The van der Waals surface area contributed by atoms with Crippen LogP contribution in [-0.2, 0) is 6.18 Å². The second kappa shape index (κ2) is 14.1. The first kappa shape index (κ1) is 36.9. The summed E-state index contributed by atoms with van der Waals surface area (Å²) in [7, 11) is 0. The van der Waals surface area contributed by atoms with Crippen LogP contribution in [0.15, 0.2) is 206 Å².